The number of hydrogen-bond donors (Lipinski definition) is 0. The molecule has 2 heterocycles. The Labute approximate surface area is 120 Å². The van der Waals surface area contributed by atoms with Crippen LogP contribution in [0.4, 0.5) is 0 Å². The first kappa shape index (κ1) is 13.0. The Bertz CT molecular complexity index is 637. The van der Waals surface area contributed by atoms with Gasteiger partial charge in [-0.1, -0.05) is 25.3 Å². The van der Waals surface area contributed by atoms with Crippen LogP contribution < -0.4 is 0 Å². The van der Waals surface area contributed by atoms with Gasteiger partial charge < -0.3 is 4.57 Å². The molecular formula is C18H20N2. The van der Waals surface area contributed by atoms with Gasteiger partial charge >= 0.3 is 0 Å². The zero-order chi connectivity index (χ0) is 13.8. The van der Waals surface area contributed by atoms with Crippen molar-refractivity contribution in [2.24, 2.45) is 0 Å². The smallest absolute Gasteiger partial charge is 0.116 e. The molecule has 1 aliphatic rings. The summed E-state index contributed by atoms with van der Waals surface area (Å²) in [5, 5.41) is 0. The Kier molecular flexibility index (Phi) is 3.87. The molecular weight excluding hydrogens is 244 g/mol. The maximum atomic E-state index is 4.34. The second-order valence-electron chi connectivity index (χ2n) is 5.51. The van der Waals surface area contributed by atoms with Gasteiger partial charge in [-0.25, -0.2) is 4.98 Å². The maximum absolute atomic E-state index is 4.34. The zero-order valence-electron chi connectivity index (χ0n) is 12.0. The lowest BCUT2D eigenvalue weighted by molar-refractivity contribution is 0.352. The van der Waals surface area contributed by atoms with E-state index < -0.39 is 0 Å². The number of rotatable bonds is 1. The van der Waals surface area contributed by atoms with Crippen molar-refractivity contribution in [1.29, 1.82) is 0 Å². The summed E-state index contributed by atoms with van der Waals surface area (Å²) in [6.07, 6.45) is 10.6. The van der Waals surface area contributed by atoms with Crippen molar-refractivity contribution in [2.45, 2.75) is 45.1 Å². The molecule has 20 heavy (non-hydrogen) atoms. The van der Waals surface area contributed by atoms with Crippen LogP contribution in [0.1, 0.15) is 55.1 Å². The Morgan fingerprint density at radius 3 is 2.75 bits per heavy atom. The number of nitrogens with zero attached hydrogens (tertiary/aromatic N) is 2. The predicted molar refractivity (Wildman–Crippen MR) is 81.5 cm³/mol. The molecule has 2 heteroatoms. The quantitative estimate of drug-likeness (QED) is 0.709. The fourth-order valence-corrected chi connectivity index (χ4v) is 2.92. The molecule has 0 N–H and O–H groups in total. The lowest BCUT2D eigenvalue weighted by Crippen LogP contribution is -2.13. The SMILES string of the molecule is Cc1cccnc1C#Cc1cccn1C1CCCCC1. The van der Waals surface area contributed by atoms with Crippen molar-refractivity contribution < 1.29 is 0 Å². The lowest BCUT2D eigenvalue weighted by Gasteiger charge is -2.24. The molecule has 1 fully saturated rings. The first-order chi connectivity index (χ1) is 9.84. The monoisotopic (exact) mass is 264 g/mol. The van der Waals surface area contributed by atoms with Gasteiger partial charge in [0.25, 0.3) is 0 Å². The van der Waals surface area contributed by atoms with E-state index in [4.69, 9.17) is 0 Å². The van der Waals surface area contributed by atoms with E-state index in [-0.39, 0.29) is 0 Å². The van der Waals surface area contributed by atoms with E-state index in [1.54, 1.807) is 6.20 Å². The highest BCUT2D eigenvalue weighted by Crippen LogP contribution is 2.29. The highest BCUT2D eigenvalue weighted by atomic mass is 15.0. The second kappa shape index (κ2) is 5.96. The zero-order valence-corrected chi connectivity index (χ0v) is 12.0. The van der Waals surface area contributed by atoms with E-state index in [0.29, 0.717) is 6.04 Å². The largest absolute Gasteiger partial charge is 0.338 e. The molecule has 2 aromatic heterocycles. The fraction of sp³-hybridized carbons (Fsp3) is 0.389. The Hall–Kier alpha value is -2.01. The number of pyridine rings is 1. The first-order valence-corrected chi connectivity index (χ1v) is 7.45. The average molecular weight is 264 g/mol. The first-order valence-electron chi connectivity index (χ1n) is 7.45. The number of hydrogen-bond acceptors (Lipinski definition) is 1. The summed E-state index contributed by atoms with van der Waals surface area (Å²) in [4.78, 5) is 4.34. The third-order valence-electron chi connectivity index (χ3n) is 4.07. The highest BCUT2D eigenvalue weighted by Gasteiger charge is 2.16. The van der Waals surface area contributed by atoms with Crippen molar-refractivity contribution in [2.75, 3.05) is 0 Å². The molecule has 0 atom stereocenters. The average Bonchev–Trinajstić information content (AvgIpc) is 2.96. The predicted octanol–water partition coefficient (Wildman–Crippen LogP) is 4.10. The van der Waals surface area contributed by atoms with Crippen molar-refractivity contribution in [3.05, 3.63) is 53.6 Å². The molecule has 3 rings (SSSR count). The van der Waals surface area contributed by atoms with Gasteiger partial charge in [-0.2, -0.15) is 0 Å². The number of aryl methyl sites for hydroxylation is 1. The molecule has 102 valence electrons. The van der Waals surface area contributed by atoms with Gasteiger partial charge in [0.15, 0.2) is 0 Å². The summed E-state index contributed by atoms with van der Waals surface area (Å²) in [6.45, 7) is 2.05. The normalized spacial score (nSPS) is 15.7. The summed E-state index contributed by atoms with van der Waals surface area (Å²) in [6, 6.07) is 8.85. The molecule has 0 radical (unpaired) electrons. The summed E-state index contributed by atoms with van der Waals surface area (Å²) in [5.74, 6) is 6.51. The van der Waals surface area contributed by atoms with Gasteiger partial charge in [0.2, 0.25) is 0 Å². The summed E-state index contributed by atoms with van der Waals surface area (Å²) < 4.78 is 2.35. The molecule has 2 aromatic rings. The standard InChI is InChI=1S/C18H20N2/c1-15-7-5-13-19-18(15)12-11-17-10-6-14-20(17)16-8-3-2-4-9-16/h5-7,10,13-14,16H,2-4,8-9H2,1H3. The van der Waals surface area contributed by atoms with Crippen LogP contribution in [0.2, 0.25) is 0 Å². The van der Waals surface area contributed by atoms with E-state index in [0.717, 1.165) is 17.0 Å². The van der Waals surface area contributed by atoms with E-state index in [2.05, 4.69) is 52.7 Å². The third kappa shape index (κ3) is 2.77. The Morgan fingerprint density at radius 1 is 1.10 bits per heavy atom. The Balaban J connectivity index is 1.86. The molecule has 0 unspecified atom stereocenters. The highest BCUT2D eigenvalue weighted by molar-refractivity contribution is 5.40. The van der Waals surface area contributed by atoms with Crippen LogP contribution in [0.25, 0.3) is 0 Å². The molecule has 1 aliphatic carbocycles. The topological polar surface area (TPSA) is 17.8 Å². The Morgan fingerprint density at radius 2 is 1.95 bits per heavy atom. The lowest BCUT2D eigenvalue weighted by atomic mass is 9.95. The molecule has 0 bridgehead atoms. The van der Waals surface area contributed by atoms with Crippen molar-refractivity contribution in [3.63, 3.8) is 0 Å². The van der Waals surface area contributed by atoms with Crippen molar-refractivity contribution in [3.8, 4) is 11.8 Å². The molecule has 0 aromatic carbocycles. The molecule has 0 amide bonds. The molecule has 0 saturated heterocycles. The van der Waals surface area contributed by atoms with Gasteiger partial charge in [-0.3, -0.25) is 0 Å². The van der Waals surface area contributed by atoms with Crippen LogP contribution in [0.5, 0.6) is 0 Å². The van der Waals surface area contributed by atoms with Gasteiger partial charge in [-0.15, -0.1) is 0 Å². The van der Waals surface area contributed by atoms with Crippen LogP contribution in [0.15, 0.2) is 36.7 Å². The van der Waals surface area contributed by atoms with Crippen LogP contribution in [-0.2, 0) is 0 Å². The van der Waals surface area contributed by atoms with E-state index >= 15 is 0 Å². The minimum Gasteiger partial charge on any atom is -0.338 e. The van der Waals surface area contributed by atoms with Gasteiger partial charge in [-0.05, 0) is 55.4 Å². The molecule has 1 saturated carbocycles. The van der Waals surface area contributed by atoms with Gasteiger partial charge in [0.05, 0.1) is 5.69 Å². The maximum Gasteiger partial charge on any atom is 0.116 e. The summed E-state index contributed by atoms with van der Waals surface area (Å²) in [7, 11) is 0. The van der Waals surface area contributed by atoms with Crippen LogP contribution in [0, 0.1) is 18.8 Å². The fourth-order valence-electron chi connectivity index (χ4n) is 2.92. The summed E-state index contributed by atoms with van der Waals surface area (Å²) in [5.41, 5.74) is 3.13. The van der Waals surface area contributed by atoms with Crippen LogP contribution >= 0.6 is 0 Å². The number of aromatic nitrogens is 2. The second-order valence-corrected chi connectivity index (χ2v) is 5.51. The third-order valence-corrected chi connectivity index (χ3v) is 4.07. The van der Waals surface area contributed by atoms with Gasteiger partial charge in [0, 0.05) is 18.4 Å². The van der Waals surface area contributed by atoms with E-state index in [1.165, 1.54) is 32.1 Å². The molecule has 0 spiro atoms. The van der Waals surface area contributed by atoms with Crippen LogP contribution in [-0.4, -0.2) is 9.55 Å². The van der Waals surface area contributed by atoms with Crippen LogP contribution in [0.3, 0.4) is 0 Å². The molecule has 0 aliphatic heterocycles. The van der Waals surface area contributed by atoms with Crippen molar-refractivity contribution >= 4 is 0 Å². The van der Waals surface area contributed by atoms with Crippen molar-refractivity contribution in [1.82, 2.24) is 9.55 Å². The molecule has 2 nitrogen and oxygen atoms in total. The van der Waals surface area contributed by atoms with E-state index in [1.807, 2.05) is 6.07 Å². The van der Waals surface area contributed by atoms with E-state index in [9.17, 15) is 0 Å². The van der Waals surface area contributed by atoms with Gasteiger partial charge in [0.1, 0.15) is 5.69 Å². The minimum absolute atomic E-state index is 0.632. The summed E-state index contributed by atoms with van der Waals surface area (Å²) >= 11 is 0. The minimum atomic E-state index is 0.632.